The van der Waals surface area contributed by atoms with E-state index < -0.39 is 5.92 Å². The average Bonchev–Trinajstić information content (AvgIpc) is 2.72. The molecule has 2 aromatic rings. The number of rotatable bonds is 3. The molecule has 0 radical (unpaired) electrons. The highest BCUT2D eigenvalue weighted by molar-refractivity contribution is 5.85. The molecule has 2 unspecified atom stereocenters. The third-order valence-corrected chi connectivity index (χ3v) is 7.11. The number of hydrogen-bond acceptors (Lipinski definition) is 5. The van der Waals surface area contributed by atoms with Gasteiger partial charge in [-0.15, -0.1) is 0 Å². The molecule has 0 N–H and O–H groups in total. The molecule has 4 atom stereocenters. The van der Waals surface area contributed by atoms with Gasteiger partial charge in [-0.05, 0) is 46.1 Å². The number of carbonyl (C=O) groups excluding carboxylic acids is 1. The van der Waals surface area contributed by atoms with E-state index in [-0.39, 0.29) is 12.1 Å². The van der Waals surface area contributed by atoms with Crippen molar-refractivity contribution in [1.82, 2.24) is 9.80 Å². The molecule has 30 heavy (non-hydrogen) atoms. The number of benzene rings is 2. The topological polar surface area (TPSA) is 42.0 Å². The average molecular weight is 407 g/mol. The summed E-state index contributed by atoms with van der Waals surface area (Å²) in [5.74, 6) is 1.64. The normalized spacial score (nSPS) is 28.4. The van der Waals surface area contributed by atoms with Gasteiger partial charge in [0.15, 0.2) is 0 Å². The molecule has 158 valence electrons. The van der Waals surface area contributed by atoms with Crippen molar-refractivity contribution in [3.8, 4) is 11.5 Å². The van der Waals surface area contributed by atoms with Gasteiger partial charge < -0.3 is 19.3 Å². The van der Waals surface area contributed by atoms with E-state index in [2.05, 4.69) is 30.9 Å². The minimum atomic E-state index is -0.440. The van der Waals surface area contributed by atoms with Gasteiger partial charge in [-0.2, -0.15) is 0 Å². The van der Waals surface area contributed by atoms with E-state index in [4.69, 9.17) is 9.47 Å². The molecular weight excluding hydrogens is 376 g/mol. The maximum absolute atomic E-state index is 13.7. The second kappa shape index (κ2) is 7.71. The van der Waals surface area contributed by atoms with Crippen LogP contribution in [0.2, 0.25) is 0 Å². The Morgan fingerprint density at radius 2 is 1.63 bits per heavy atom. The highest BCUT2D eigenvalue weighted by Crippen LogP contribution is 2.46. The Morgan fingerprint density at radius 3 is 2.27 bits per heavy atom. The van der Waals surface area contributed by atoms with Crippen LogP contribution in [0.15, 0.2) is 48.5 Å². The molecule has 2 fully saturated rings. The predicted octanol–water partition coefficient (Wildman–Crippen LogP) is 3.74. The monoisotopic (exact) mass is 406 g/mol. The van der Waals surface area contributed by atoms with Crippen LogP contribution in [-0.2, 0) is 9.53 Å². The van der Waals surface area contributed by atoms with Gasteiger partial charge in [0.1, 0.15) is 23.5 Å². The SMILES string of the molecule is CN1CC2CC[C@@H](N(C)C)C(C1)[C@H]2OC(=O)C1c2ccccc2Oc2ccccc21. The van der Waals surface area contributed by atoms with Crippen LogP contribution in [0.25, 0.3) is 0 Å². The van der Waals surface area contributed by atoms with Crippen LogP contribution < -0.4 is 4.74 Å². The molecule has 3 aliphatic rings. The Hall–Kier alpha value is -2.37. The number of piperidine rings is 1. The van der Waals surface area contributed by atoms with Crippen molar-refractivity contribution >= 4 is 5.97 Å². The first-order chi connectivity index (χ1) is 14.5. The lowest BCUT2D eigenvalue weighted by atomic mass is 9.72. The number of nitrogens with zero attached hydrogens (tertiary/aromatic N) is 2. The number of esters is 1. The number of likely N-dealkylation sites (tertiary alicyclic amines) is 1. The Balaban J connectivity index is 1.47. The van der Waals surface area contributed by atoms with E-state index in [1.807, 2.05) is 48.5 Å². The highest BCUT2D eigenvalue weighted by Gasteiger charge is 2.47. The molecular formula is C25H30N2O3. The lowest BCUT2D eigenvalue weighted by Crippen LogP contribution is -2.59. The smallest absolute Gasteiger partial charge is 0.318 e. The summed E-state index contributed by atoms with van der Waals surface area (Å²) < 4.78 is 12.5. The van der Waals surface area contributed by atoms with Crippen LogP contribution >= 0.6 is 0 Å². The van der Waals surface area contributed by atoms with Crippen molar-refractivity contribution in [3.05, 3.63) is 59.7 Å². The Labute approximate surface area is 178 Å². The number of ether oxygens (including phenoxy) is 2. The van der Waals surface area contributed by atoms with Crippen LogP contribution in [-0.4, -0.2) is 62.1 Å². The van der Waals surface area contributed by atoms with Crippen LogP contribution in [0, 0.1) is 11.8 Å². The van der Waals surface area contributed by atoms with Crippen LogP contribution in [0.5, 0.6) is 11.5 Å². The Bertz CT molecular complexity index is 898. The third kappa shape index (κ3) is 3.30. The molecule has 2 aliphatic heterocycles. The Morgan fingerprint density at radius 1 is 1.00 bits per heavy atom. The van der Waals surface area contributed by atoms with E-state index >= 15 is 0 Å². The fourth-order valence-corrected chi connectivity index (χ4v) is 5.78. The van der Waals surface area contributed by atoms with Crippen molar-refractivity contribution in [2.45, 2.75) is 30.9 Å². The number of hydrogen-bond donors (Lipinski definition) is 0. The van der Waals surface area contributed by atoms with E-state index in [1.54, 1.807) is 0 Å². The number of fused-ring (bicyclic) bond motifs is 4. The summed E-state index contributed by atoms with van der Waals surface area (Å²) in [6, 6.07) is 16.1. The summed E-state index contributed by atoms with van der Waals surface area (Å²) in [4.78, 5) is 18.4. The van der Waals surface area contributed by atoms with E-state index in [9.17, 15) is 4.79 Å². The van der Waals surface area contributed by atoms with Gasteiger partial charge in [0.05, 0.1) is 0 Å². The first-order valence-electron chi connectivity index (χ1n) is 10.9. The molecule has 2 aromatic carbocycles. The second-order valence-electron chi connectivity index (χ2n) is 9.27. The van der Waals surface area contributed by atoms with Crippen LogP contribution in [0.4, 0.5) is 0 Å². The molecule has 1 aliphatic carbocycles. The zero-order valence-corrected chi connectivity index (χ0v) is 18.0. The van der Waals surface area contributed by atoms with E-state index in [1.165, 1.54) is 6.42 Å². The van der Waals surface area contributed by atoms with Gasteiger partial charge in [0.25, 0.3) is 0 Å². The lowest BCUT2D eigenvalue weighted by molar-refractivity contribution is -0.168. The van der Waals surface area contributed by atoms with Gasteiger partial charge in [0, 0.05) is 42.1 Å². The lowest BCUT2D eigenvalue weighted by Gasteiger charge is -2.51. The quantitative estimate of drug-likeness (QED) is 0.727. The molecule has 5 rings (SSSR count). The largest absolute Gasteiger partial charge is 0.461 e. The van der Waals surface area contributed by atoms with Crippen molar-refractivity contribution in [2.75, 3.05) is 34.2 Å². The molecule has 5 nitrogen and oxygen atoms in total. The Kier molecular flexibility index (Phi) is 5.03. The van der Waals surface area contributed by atoms with E-state index in [0.717, 1.165) is 42.1 Å². The zero-order valence-electron chi connectivity index (χ0n) is 18.0. The van der Waals surface area contributed by atoms with Crippen LogP contribution in [0.1, 0.15) is 29.9 Å². The van der Waals surface area contributed by atoms with Crippen molar-refractivity contribution in [3.63, 3.8) is 0 Å². The third-order valence-electron chi connectivity index (χ3n) is 7.11. The number of para-hydroxylation sites is 2. The second-order valence-corrected chi connectivity index (χ2v) is 9.27. The van der Waals surface area contributed by atoms with Crippen molar-refractivity contribution < 1.29 is 14.3 Å². The summed E-state index contributed by atoms with van der Waals surface area (Å²) in [6.45, 7) is 1.97. The minimum absolute atomic E-state index is 0.0305. The maximum Gasteiger partial charge on any atom is 0.318 e. The van der Waals surface area contributed by atoms with Crippen LogP contribution in [0.3, 0.4) is 0 Å². The summed E-state index contributed by atoms with van der Waals surface area (Å²) in [5.41, 5.74) is 1.78. The molecule has 2 heterocycles. The van der Waals surface area contributed by atoms with Gasteiger partial charge in [0.2, 0.25) is 0 Å². The van der Waals surface area contributed by atoms with Gasteiger partial charge in [-0.25, -0.2) is 0 Å². The molecule has 0 amide bonds. The zero-order chi connectivity index (χ0) is 20.8. The molecule has 0 aromatic heterocycles. The van der Waals surface area contributed by atoms with Crippen molar-refractivity contribution in [1.29, 1.82) is 0 Å². The fraction of sp³-hybridized carbons (Fsp3) is 0.480. The standard InChI is InChI=1S/C25H30N2O3/c1-26(2)20-13-12-16-14-27(3)15-19(20)24(16)30-25(28)23-17-8-4-6-10-21(17)29-22-11-7-5-9-18(22)23/h4-11,16,19-20,23-24H,12-15H2,1-3H3/t16?,19?,20-,24+/m1/s1. The van der Waals surface area contributed by atoms with Crippen molar-refractivity contribution in [2.24, 2.45) is 11.8 Å². The highest BCUT2D eigenvalue weighted by atomic mass is 16.5. The summed E-state index contributed by atoms with van der Waals surface area (Å²) in [6.07, 6.45) is 2.24. The predicted molar refractivity (Wildman–Crippen MR) is 116 cm³/mol. The van der Waals surface area contributed by atoms with E-state index in [0.29, 0.717) is 17.9 Å². The summed E-state index contributed by atoms with van der Waals surface area (Å²) in [5, 5.41) is 0. The minimum Gasteiger partial charge on any atom is -0.461 e. The molecule has 0 spiro atoms. The fourth-order valence-electron chi connectivity index (χ4n) is 5.78. The molecule has 5 heteroatoms. The molecule has 1 saturated carbocycles. The van der Waals surface area contributed by atoms with Gasteiger partial charge in [-0.3, -0.25) is 4.79 Å². The summed E-state index contributed by atoms with van der Waals surface area (Å²) in [7, 11) is 6.47. The first-order valence-corrected chi connectivity index (χ1v) is 10.9. The first kappa shape index (κ1) is 19.6. The molecule has 2 bridgehead atoms. The number of carbonyl (C=O) groups is 1. The summed E-state index contributed by atoms with van der Waals surface area (Å²) >= 11 is 0. The van der Waals surface area contributed by atoms with Gasteiger partial charge in [-0.1, -0.05) is 36.4 Å². The van der Waals surface area contributed by atoms with Gasteiger partial charge >= 0.3 is 5.97 Å². The molecule has 1 saturated heterocycles. The maximum atomic E-state index is 13.7.